The number of anilines is 2. The van der Waals surface area contributed by atoms with Crippen molar-refractivity contribution in [3.8, 4) is 0 Å². The van der Waals surface area contributed by atoms with E-state index in [-0.39, 0.29) is 5.82 Å². The van der Waals surface area contributed by atoms with E-state index in [1.807, 2.05) is 52.1 Å². The van der Waals surface area contributed by atoms with Crippen LogP contribution in [0.2, 0.25) is 0 Å². The largest absolute Gasteiger partial charge is 0.365 e. The molecule has 1 aliphatic rings. The number of aliphatic imine (C=N–C) groups is 1. The fraction of sp³-hybridized carbons (Fsp3) is 0.208. The highest BCUT2D eigenvalue weighted by Gasteiger charge is 2.13. The highest BCUT2D eigenvalue weighted by Crippen LogP contribution is 2.31. The smallest absolute Gasteiger partial charge is 0.149 e. The van der Waals surface area contributed by atoms with E-state index in [2.05, 4.69) is 40.2 Å². The zero-order valence-corrected chi connectivity index (χ0v) is 17.4. The molecule has 29 heavy (non-hydrogen) atoms. The van der Waals surface area contributed by atoms with Crippen molar-refractivity contribution in [3.63, 3.8) is 0 Å². The summed E-state index contributed by atoms with van der Waals surface area (Å²) < 4.78 is 14.8. The molecule has 4 nitrogen and oxygen atoms in total. The van der Waals surface area contributed by atoms with Gasteiger partial charge >= 0.3 is 0 Å². The first-order valence-corrected chi connectivity index (χ1v) is 9.52. The maximum absolute atomic E-state index is 14.8. The Bertz CT molecular complexity index is 1020. The predicted octanol–water partition coefficient (Wildman–Crippen LogP) is 6.26. The number of nitrogens with one attached hydrogen (secondary N) is 3. The second kappa shape index (κ2) is 8.35. The second-order valence-electron chi connectivity index (χ2n) is 7.51. The Balaban J connectivity index is 1.81. The van der Waals surface area contributed by atoms with E-state index < -0.39 is 0 Å². The van der Waals surface area contributed by atoms with Gasteiger partial charge in [-0.2, -0.15) is 0 Å². The third-order valence-corrected chi connectivity index (χ3v) is 4.66. The third kappa shape index (κ3) is 4.93. The molecule has 0 atom stereocenters. The van der Waals surface area contributed by atoms with E-state index in [0.717, 1.165) is 50.9 Å². The lowest BCUT2D eigenvalue weighted by atomic mass is 10.0. The fourth-order valence-corrected chi connectivity index (χ4v) is 3.22. The molecule has 0 aliphatic carbocycles. The molecule has 2 aromatic rings. The maximum atomic E-state index is 14.8. The van der Waals surface area contributed by atoms with Gasteiger partial charge in [0.1, 0.15) is 17.3 Å². The SMILES string of the molecule is C=C(C)N/C=C(\C)c1cc(C)c(N=C(C)Cc2ccc3c(c2)NC(=C)N3)c(F)c1. The molecule has 1 heterocycles. The summed E-state index contributed by atoms with van der Waals surface area (Å²) in [4.78, 5) is 4.58. The lowest BCUT2D eigenvalue weighted by molar-refractivity contribution is 0.628. The van der Waals surface area contributed by atoms with Crippen LogP contribution in [0.15, 0.2) is 66.2 Å². The van der Waals surface area contributed by atoms with Gasteiger partial charge in [-0.3, -0.25) is 4.99 Å². The van der Waals surface area contributed by atoms with E-state index in [9.17, 15) is 4.39 Å². The molecule has 0 aromatic heterocycles. The number of hydrogen-bond acceptors (Lipinski definition) is 4. The van der Waals surface area contributed by atoms with Gasteiger partial charge in [0, 0.05) is 24.0 Å². The minimum Gasteiger partial charge on any atom is -0.365 e. The lowest BCUT2D eigenvalue weighted by Gasteiger charge is -2.10. The van der Waals surface area contributed by atoms with Crippen LogP contribution in [0.5, 0.6) is 0 Å². The Labute approximate surface area is 172 Å². The van der Waals surface area contributed by atoms with Crippen molar-refractivity contribution in [2.75, 3.05) is 10.6 Å². The molecule has 1 aliphatic heterocycles. The number of benzene rings is 2. The topological polar surface area (TPSA) is 48.5 Å². The molecular formula is C24H27FN4. The van der Waals surface area contributed by atoms with Crippen LogP contribution < -0.4 is 16.0 Å². The van der Waals surface area contributed by atoms with Crippen LogP contribution in [0.3, 0.4) is 0 Å². The minimum atomic E-state index is -0.321. The summed E-state index contributed by atoms with van der Waals surface area (Å²) in [5.41, 5.74) is 7.74. The normalized spacial score (nSPS) is 13.6. The minimum absolute atomic E-state index is 0.321. The van der Waals surface area contributed by atoms with Crippen LogP contribution in [-0.2, 0) is 6.42 Å². The highest BCUT2D eigenvalue weighted by molar-refractivity contribution is 5.88. The van der Waals surface area contributed by atoms with E-state index in [1.54, 1.807) is 0 Å². The molecule has 0 fully saturated rings. The molecule has 3 N–H and O–H groups in total. The molecule has 3 rings (SSSR count). The first-order valence-electron chi connectivity index (χ1n) is 9.52. The molecule has 0 bridgehead atoms. The highest BCUT2D eigenvalue weighted by atomic mass is 19.1. The molecule has 0 unspecified atom stereocenters. The van der Waals surface area contributed by atoms with Crippen LogP contribution in [-0.4, -0.2) is 5.71 Å². The van der Waals surface area contributed by atoms with Crippen molar-refractivity contribution in [2.24, 2.45) is 4.99 Å². The van der Waals surface area contributed by atoms with Gasteiger partial charge in [0.05, 0.1) is 11.4 Å². The van der Waals surface area contributed by atoms with Crippen LogP contribution in [0.4, 0.5) is 21.5 Å². The van der Waals surface area contributed by atoms with E-state index in [1.165, 1.54) is 6.07 Å². The average Bonchev–Trinajstić information content (AvgIpc) is 3.01. The van der Waals surface area contributed by atoms with E-state index in [4.69, 9.17) is 0 Å². The zero-order valence-electron chi connectivity index (χ0n) is 17.4. The number of rotatable bonds is 6. The summed E-state index contributed by atoms with van der Waals surface area (Å²) in [7, 11) is 0. The molecule has 0 saturated heterocycles. The number of halogens is 1. The van der Waals surface area contributed by atoms with Crippen LogP contribution in [0.1, 0.15) is 37.5 Å². The van der Waals surface area contributed by atoms with Crippen LogP contribution in [0, 0.1) is 12.7 Å². The van der Waals surface area contributed by atoms with Gasteiger partial charge in [0.2, 0.25) is 0 Å². The number of aryl methyl sites for hydroxylation is 1. The van der Waals surface area contributed by atoms with E-state index >= 15 is 0 Å². The van der Waals surface area contributed by atoms with Crippen molar-refractivity contribution < 1.29 is 4.39 Å². The molecule has 5 heteroatoms. The van der Waals surface area contributed by atoms with Crippen molar-refractivity contribution >= 4 is 28.3 Å². The summed E-state index contributed by atoms with van der Waals surface area (Å²) >= 11 is 0. The summed E-state index contributed by atoms with van der Waals surface area (Å²) in [6.07, 6.45) is 2.47. The van der Waals surface area contributed by atoms with Crippen molar-refractivity contribution in [2.45, 2.75) is 34.1 Å². The standard InChI is InChI=1S/C24H27FN4/c1-14(2)26-13-16(4)20-9-15(3)24(21(25)12-20)27-17(5)10-19-7-8-22-23(11-19)29-18(6)28-22/h7-9,11-13,26,28-29H,1,6,10H2,2-5H3/b16-13+,27-17?. The lowest BCUT2D eigenvalue weighted by Crippen LogP contribution is -2.01. The number of nitrogens with zero attached hydrogens (tertiary/aromatic N) is 1. The number of hydrogen-bond donors (Lipinski definition) is 3. The van der Waals surface area contributed by atoms with Gasteiger partial charge in [0.15, 0.2) is 0 Å². The summed E-state index contributed by atoms with van der Waals surface area (Å²) in [6.45, 7) is 15.3. The molecule has 0 radical (unpaired) electrons. The Morgan fingerprint density at radius 1 is 1.14 bits per heavy atom. The summed E-state index contributed by atoms with van der Waals surface area (Å²) in [5, 5.41) is 9.41. The number of fused-ring (bicyclic) bond motifs is 1. The predicted molar refractivity (Wildman–Crippen MR) is 122 cm³/mol. The molecule has 2 aromatic carbocycles. The van der Waals surface area contributed by atoms with Gasteiger partial charge in [-0.05, 0) is 74.2 Å². The molecule has 0 saturated carbocycles. The Morgan fingerprint density at radius 3 is 2.55 bits per heavy atom. The third-order valence-electron chi connectivity index (χ3n) is 4.66. The Kier molecular flexibility index (Phi) is 5.87. The van der Waals surface area contributed by atoms with Crippen LogP contribution in [0.25, 0.3) is 5.57 Å². The monoisotopic (exact) mass is 390 g/mol. The van der Waals surface area contributed by atoms with Crippen molar-refractivity contribution in [1.82, 2.24) is 5.32 Å². The maximum Gasteiger partial charge on any atom is 0.149 e. The fourth-order valence-electron chi connectivity index (χ4n) is 3.22. The molecule has 0 spiro atoms. The van der Waals surface area contributed by atoms with Gasteiger partial charge in [-0.15, -0.1) is 0 Å². The molecule has 0 amide bonds. The molecule has 150 valence electrons. The van der Waals surface area contributed by atoms with Crippen LogP contribution >= 0.6 is 0 Å². The number of allylic oxidation sites excluding steroid dienone is 2. The van der Waals surface area contributed by atoms with Gasteiger partial charge < -0.3 is 16.0 Å². The van der Waals surface area contributed by atoms with Gasteiger partial charge in [0.25, 0.3) is 0 Å². The first kappa shape index (κ1) is 20.4. The van der Waals surface area contributed by atoms with Gasteiger partial charge in [-0.25, -0.2) is 4.39 Å². The van der Waals surface area contributed by atoms with Crippen molar-refractivity contribution in [3.05, 3.63) is 83.7 Å². The summed E-state index contributed by atoms with van der Waals surface area (Å²) in [6, 6.07) is 9.60. The second-order valence-corrected chi connectivity index (χ2v) is 7.51. The van der Waals surface area contributed by atoms with Gasteiger partial charge in [-0.1, -0.05) is 19.2 Å². The van der Waals surface area contributed by atoms with E-state index in [0.29, 0.717) is 12.1 Å². The quantitative estimate of drug-likeness (QED) is 0.510. The summed E-state index contributed by atoms with van der Waals surface area (Å²) in [5.74, 6) is 0.446. The molecular weight excluding hydrogens is 363 g/mol. The Morgan fingerprint density at radius 2 is 1.86 bits per heavy atom. The first-order chi connectivity index (χ1) is 13.7. The zero-order chi connectivity index (χ0) is 21.1. The average molecular weight is 391 g/mol. The Hall–Kier alpha value is -3.34. The van der Waals surface area contributed by atoms with Crippen molar-refractivity contribution in [1.29, 1.82) is 0 Å².